The molecule has 0 aromatic heterocycles. The van der Waals surface area contributed by atoms with Crippen molar-refractivity contribution in [1.29, 1.82) is 0 Å². The number of phenolic OH excluding ortho intramolecular Hbond substituents is 1. The number of carbonyl (C=O) groups is 1. The molecule has 0 aliphatic heterocycles. The van der Waals surface area contributed by atoms with Crippen LogP contribution in [-0.2, 0) is 20.9 Å². The molecule has 0 atom stereocenters. The number of methoxy groups -OCH3 is 2. The Balaban J connectivity index is 2.78. The monoisotopic (exact) mass is 227 g/mol. The van der Waals surface area contributed by atoms with E-state index >= 15 is 0 Å². The molecule has 1 aromatic rings. The van der Waals surface area contributed by atoms with Crippen LogP contribution < -0.4 is 5.48 Å². The average molecular weight is 227 g/mol. The zero-order valence-electron chi connectivity index (χ0n) is 9.02. The smallest absolute Gasteiger partial charge is 0.508 e. The van der Waals surface area contributed by atoms with Crippen molar-refractivity contribution in [3.05, 3.63) is 23.8 Å². The molecule has 6 heteroatoms. The second kappa shape index (κ2) is 5.82. The molecule has 88 valence electrons. The molecule has 0 saturated heterocycles. The van der Waals surface area contributed by atoms with Gasteiger partial charge in [-0.1, -0.05) is 6.07 Å². The Hall–Kier alpha value is -1.95. The van der Waals surface area contributed by atoms with Crippen LogP contribution in [-0.4, -0.2) is 25.5 Å². The molecule has 0 unspecified atom stereocenters. The van der Waals surface area contributed by atoms with Crippen molar-refractivity contribution in [2.45, 2.75) is 6.61 Å². The van der Waals surface area contributed by atoms with Gasteiger partial charge < -0.3 is 19.4 Å². The third-order valence-corrected chi connectivity index (χ3v) is 1.85. The van der Waals surface area contributed by atoms with E-state index in [1.165, 1.54) is 20.3 Å². The number of phenols is 1. The number of hydrogen-bond acceptors (Lipinski definition) is 6. The van der Waals surface area contributed by atoms with Crippen LogP contribution in [0.2, 0.25) is 0 Å². The number of ether oxygens (including phenoxy) is 2. The van der Waals surface area contributed by atoms with Crippen LogP contribution in [0.1, 0.15) is 5.56 Å². The molecule has 1 aromatic carbocycles. The number of nitrogens with one attached hydrogen (secondary N) is 1. The summed E-state index contributed by atoms with van der Waals surface area (Å²) in [6.45, 7) is 0.194. The highest BCUT2D eigenvalue weighted by molar-refractivity contribution is 5.63. The number of carbonyl (C=O) groups excluding carboxylic acids is 1. The van der Waals surface area contributed by atoms with E-state index in [1.807, 2.05) is 0 Å². The number of rotatable bonds is 4. The fourth-order valence-corrected chi connectivity index (χ4v) is 1.10. The molecule has 1 rings (SSSR count). The lowest BCUT2D eigenvalue weighted by molar-refractivity contribution is 0.0910. The Kier molecular flexibility index (Phi) is 4.41. The van der Waals surface area contributed by atoms with E-state index in [4.69, 9.17) is 4.74 Å². The van der Waals surface area contributed by atoms with Crippen LogP contribution in [0.3, 0.4) is 0 Å². The van der Waals surface area contributed by atoms with Crippen LogP contribution in [0, 0.1) is 0 Å². The first-order valence-corrected chi connectivity index (χ1v) is 4.49. The van der Waals surface area contributed by atoms with E-state index in [9.17, 15) is 9.90 Å². The zero-order valence-corrected chi connectivity index (χ0v) is 9.02. The standard InChI is InChI=1S/C10H13NO5/c1-14-6-7-8(4-3-5-9(7)12)11-16-10(13)15-2/h3-5,11-12H,6H2,1-2H3. The van der Waals surface area contributed by atoms with Gasteiger partial charge in [0.25, 0.3) is 0 Å². The molecule has 0 radical (unpaired) electrons. The van der Waals surface area contributed by atoms with Crippen molar-refractivity contribution < 1.29 is 24.2 Å². The minimum Gasteiger partial charge on any atom is -0.508 e. The largest absolute Gasteiger partial charge is 0.532 e. The first-order chi connectivity index (χ1) is 7.69. The van der Waals surface area contributed by atoms with Gasteiger partial charge in [-0.25, -0.2) is 10.3 Å². The quantitative estimate of drug-likeness (QED) is 0.601. The SMILES string of the molecule is COCc1c(O)cccc1NOC(=O)OC. The average Bonchev–Trinajstić information content (AvgIpc) is 2.29. The van der Waals surface area contributed by atoms with Crippen molar-refractivity contribution in [3.63, 3.8) is 0 Å². The Morgan fingerprint density at radius 3 is 2.81 bits per heavy atom. The normalized spacial score (nSPS) is 9.62. The molecular formula is C10H13NO5. The molecule has 0 aliphatic rings. The van der Waals surface area contributed by atoms with Crippen molar-refractivity contribution >= 4 is 11.8 Å². The van der Waals surface area contributed by atoms with Crippen LogP contribution in [0.4, 0.5) is 10.5 Å². The summed E-state index contributed by atoms with van der Waals surface area (Å²) in [5.74, 6) is 0.0558. The van der Waals surface area contributed by atoms with Crippen LogP contribution >= 0.6 is 0 Å². The Morgan fingerprint density at radius 2 is 2.19 bits per heavy atom. The summed E-state index contributed by atoms with van der Waals surface area (Å²) in [6.07, 6.45) is -0.869. The lowest BCUT2D eigenvalue weighted by Crippen LogP contribution is -2.11. The highest BCUT2D eigenvalue weighted by atomic mass is 16.8. The first-order valence-electron chi connectivity index (χ1n) is 4.49. The van der Waals surface area contributed by atoms with E-state index in [1.54, 1.807) is 12.1 Å². The van der Waals surface area contributed by atoms with Crippen LogP contribution in [0.15, 0.2) is 18.2 Å². The summed E-state index contributed by atoms with van der Waals surface area (Å²) in [4.78, 5) is 15.3. The van der Waals surface area contributed by atoms with Gasteiger partial charge >= 0.3 is 6.16 Å². The van der Waals surface area contributed by atoms with Gasteiger partial charge in [-0.15, -0.1) is 0 Å². The number of anilines is 1. The predicted molar refractivity (Wildman–Crippen MR) is 55.9 cm³/mol. The summed E-state index contributed by atoms with van der Waals surface area (Å²) >= 11 is 0. The van der Waals surface area contributed by atoms with Crippen molar-refractivity contribution in [3.8, 4) is 5.75 Å². The number of aromatic hydroxyl groups is 1. The molecule has 16 heavy (non-hydrogen) atoms. The van der Waals surface area contributed by atoms with E-state index in [2.05, 4.69) is 15.1 Å². The summed E-state index contributed by atoms with van der Waals surface area (Å²) < 4.78 is 9.20. The third-order valence-electron chi connectivity index (χ3n) is 1.85. The molecule has 0 heterocycles. The molecule has 0 fully saturated rings. The fourth-order valence-electron chi connectivity index (χ4n) is 1.10. The van der Waals surface area contributed by atoms with Crippen LogP contribution in [0.25, 0.3) is 0 Å². The molecule has 0 amide bonds. The Morgan fingerprint density at radius 1 is 1.44 bits per heavy atom. The maximum absolute atomic E-state index is 10.7. The minimum atomic E-state index is -0.869. The molecule has 0 spiro atoms. The van der Waals surface area contributed by atoms with Crippen molar-refractivity contribution in [2.75, 3.05) is 19.7 Å². The maximum atomic E-state index is 10.7. The van der Waals surface area contributed by atoms with Gasteiger partial charge in [0.15, 0.2) is 0 Å². The Labute approximate surface area is 92.7 Å². The zero-order chi connectivity index (χ0) is 12.0. The summed E-state index contributed by atoms with van der Waals surface area (Å²) in [5.41, 5.74) is 3.31. The summed E-state index contributed by atoms with van der Waals surface area (Å²) in [5, 5.41) is 9.55. The van der Waals surface area contributed by atoms with Gasteiger partial charge in [-0.3, -0.25) is 0 Å². The van der Waals surface area contributed by atoms with Crippen molar-refractivity contribution in [2.24, 2.45) is 0 Å². The van der Waals surface area contributed by atoms with Crippen LogP contribution in [0.5, 0.6) is 5.75 Å². The van der Waals surface area contributed by atoms with E-state index in [0.29, 0.717) is 11.3 Å². The molecule has 0 aliphatic carbocycles. The van der Waals surface area contributed by atoms with E-state index in [-0.39, 0.29) is 12.4 Å². The fraction of sp³-hybridized carbons (Fsp3) is 0.300. The minimum absolute atomic E-state index is 0.0558. The molecule has 0 saturated carbocycles. The number of hydrogen-bond donors (Lipinski definition) is 2. The molecule has 2 N–H and O–H groups in total. The van der Waals surface area contributed by atoms with E-state index in [0.717, 1.165) is 0 Å². The van der Waals surface area contributed by atoms with Gasteiger partial charge in [-0.05, 0) is 12.1 Å². The second-order valence-electron chi connectivity index (χ2n) is 2.89. The maximum Gasteiger partial charge on any atom is 0.532 e. The summed E-state index contributed by atoms with van der Waals surface area (Å²) in [6, 6.07) is 4.76. The van der Waals surface area contributed by atoms with E-state index < -0.39 is 6.16 Å². The van der Waals surface area contributed by atoms with Gasteiger partial charge in [0.05, 0.1) is 19.4 Å². The van der Waals surface area contributed by atoms with Gasteiger partial charge in [0.1, 0.15) is 5.75 Å². The molecule has 0 bridgehead atoms. The predicted octanol–water partition coefficient (Wildman–Crippen LogP) is 1.65. The Bertz CT molecular complexity index is 366. The highest BCUT2D eigenvalue weighted by Gasteiger charge is 2.09. The van der Waals surface area contributed by atoms with Crippen molar-refractivity contribution in [1.82, 2.24) is 0 Å². The van der Waals surface area contributed by atoms with Gasteiger partial charge in [-0.2, -0.15) is 0 Å². The first kappa shape index (κ1) is 12.1. The number of benzene rings is 1. The second-order valence-corrected chi connectivity index (χ2v) is 2.89. The van der Waals surface area contributed by atoms with Gasteiger partial charge in [0, 0.05) is 12.7 Å². The lowest BCUT2D eigenvalue weighted by Gasteiger charge is -2.11. The molecule has 6 nitrogen and oxygen atoms in total. The molecular weight excluding hydrogens is 214 g/mol. The summed E-state index contributed by atoms with van der Waals surface area (Å²) in [7, 11) is 2.69. The van der Waals surface area contributed by atoms with Gasteiger partial charge in [0.2, 0.25) is 0 Å². The third kappa shape index (κ3) is 3.03. The highest BCUT2D eigenvalue weighted by Crippen LogP contribution is 2.26. The topological polar surface area (TPSA) is 77.0 Å². The lowest BCUT2D eigenvalue weighted by atomic mass is 10.2.